The molecule has 0 amide bonds. The first kappa shape index (κ1) is 11.0. The van der Waals surface area contributed by atoms with Crippen LogP contribution in [-0.2, 0) is 0 Å². The van der Waals surface area contributed by atoms with Crippen molar-refractivity contribution in [1.82, 2.24) is 4.90 Å². The summed E-state index contributed by atoms with van der Waals surface area (Å²) in [5.41, 5.74) is -0.394. The molecule has 78 valence electrons. The highest BCUT2D eigenvalue weighted by molar-refractivity contribution is 4.86. The Morgan fingerprint density at radius 1 is 1.31 bits per heavy atom. The summed E-state index contributed by atoms with van der Waals surface area (Å²) in [4.78, 5) is 2.09. The molecule has 1 aliphatic carbocycles. The lowest BCUT2D eigenvalue weighted by Crippen LogP contribution is -2.43. The average Bonchev–Trinajstić information content (AvgIpc) is 2.04. The quantitative estimate of drug-likeness (QED) is 0.725. The summed E-state index contributed by atoms with van der Waals surface area (Å²) in [7, 11) is 4.06. The molecule has 0 aromatic rings. The standard InChI is InChI=1S/C11H23NO/c1-4-10-5-7-11(13,8-6-10)9-12(2)3/h10,13H,4-9H2,1-3H3. The molecule has 1 saturated carbocycles. The second kappa shape index (κ2) is 4.43. The number of hydrogen-bond acceptors (Lipinski definition) is 2. The Bertz CT molecular complexity index is 148. The van der Waals surface area contributed by atoms with E-state index in [0.717, 1.165) is 25.3 Å². The minimum atomic E-state index is -0.394. The van der Waals surface area contributed by atoms with Crippen LogP contribution in [0.1, 0.15) is 39.0 Å². The van der Waals surface area contributed by atoms with Crippen LogP contribution in [0, 0.1) is 5.92 Å². The van der Waals surface area contributed by atoms with Gasteiger partial charge in [-0.15, -0.1) is 0 Å². The Morgan fingerprint density at radius 2 is 1.85 bits per heavy atom. The molecule has 1 aliphatic rings. The maximum absolute atomic E-state index is 10.2. The van der Waals surface area contributed by atoms with Gasteiger partial charge in [-0.3, -0.25) is 0 Å². The van der Waals surface area contributed by atoms with E-state index in [-0.39, 0.29) is 0 Å². The van der Waals surface area contributed by atoms with Gasteiger partial charge in [-0.05, 0) is 45.7 Å². The zero-order chi connectivity index (χ0) is 9.90. The van der Waals surface area contributed by atoms with Crippen molar-refractivity contribution in [2.24, 2.45) is 5.92 Å². The van der Waals surface area contributed by atoms with E-state index in [1.807, 2.05) is 14.1 Å². The summed E-state index contributed by atoms with van der Waals surface area (Å²) in [5.74, 6) is 0.863. The van der Waals surface area contributed by atoms with Gasteiger partial charge in [0.05, 0.1) is 5.60 Å². The molecular formula is C11H23NO. The molecule has 0 saturated heterocycles. The predicted molar refractivity (Wildman–Crippen MR) is 55.8 cm³/mol. The molecule has 2 heteroatoms. The lowest BCUT2D eigenvalue weighted by atomic mass is 9.77. The fourth-order valence-corrected chi connectivity index (χ4v) is 2.37. The third-order valence-corrected chi connectivity index (χ3v) is 3.22. The fourth-order valence-electron chi connectivity index (χ4n) is 2.37. The number of hydrogen-bond donors (Lipinski definition) is 1. The van der Waals surface area contributed by atoms with Crippen LogP contribution in [0.3, 0.4) is 0 Å². The zero-order valence-corrected chi connectivity index (χ0v) is 9.21. The molecule has 0 heterocycles. The van der Waals surface area contributed by atoms with E-state index >= 15 is 0 Å². The van der Waals surface area contributed by atoms with Crippen LogP contribution < -0.4 is 0 Å². The molecule has 0 radical (unpaired) electrons. The van der Waals surface area contributed by atoms with Crippen LogP contribution in [0.2, 0.25) is 0 Å². The molecule has 2 nitrogen and oxygen atoms in total. The van der Waals surface area contributed by atoms with Crippen LogP contribution >= 0.6 is 0 Å². The lowest BCUT2D eigenvalue weighted by molar-refractivity contribution is -0.0278. The van der Waals surface area contributed by atoms with Gasteiger partial charge in [0, 0.05) is 6.54 Å². The van der Waals surface area contributed by atoms with E-state index in [1.165, 1.54) is 19.3 Å². The summed E-state index contributed by atoms with van der Waals surface area (Å²) in [6.07, 6.45) is 5.67. The Labute approximate surface area is 81.9 Å². The smallest absolute Gasteiger partial charge is 0.0774 e. The maximum atomic E-state index is 10.2. The maximum Gasteiger partial charge on any atom is 0.0774 e. The van der Waals surface area contributed by atoms with Crippen molar-refractivity contribution < 1.29 is 5.11 Å². The number of likely N-dealkylation sites (N-methyl/N-ethyl adjacent to an activating group) is 1. The lowest BCUT2D eigenvalue weighted by Gasteiger charge is -2.37. The zero-order valence-electron chi connectivity index (χ0n) is 9.21. The topological polar surface area (TPSA) is 23.5 Å². The van der Waals surface area contributed by atoms with E-state index in [2.05, 4.69) is 11.8 Å². The average molecular weight is 185 g/mol. The van der Waals surface area contributed by atoms with Gasteiger partial charge in [0.15, 0.2) is 0 Å². The van der Waals surface area contributed by atoms with Crippen molar-refractivity contribution in [3.63, 3.8) is 0 Å². The largest absolute Gasteiger partial charge is 0.389 e. The number of rotatable bonds is 3. The van der Waals surface area contributed by atoms with Gasteiger partial charge in [0.25, 0.3) is 0 Å². The minimum absolute atomic E-state index is 0.394. The number of nitrogens with zero attached hydrogens (tertiary/aromatic N) is 1. The van der Waals surface area contributed by atoms with Crippen molar-refractivity contribution in [3.05, 3.63) is 0 Å². The van der Waals surface area contributed by atoms with Gasteiger partial charge in [-0.1, -0.05) is 13.3 Å². The van der Waals surface area contributed by atoms with E-state index in [0.29, 0.717) is 0 Å². The van der Waals surface area contributed by atoms with Crippen molar-refractivity contribution in [2.75, 3.05) is 20.6 Å². The van der Waals surface area contributed by atoms with Crippen LogP contribution in [0.5, 0.6) is 0 Å². The van der Waals surface area contributed by atoms with Crippen molar-refractivity contribution in [1.29, 1.82) is 0 Å². The second-order valence-electron chi connectivity index (χ2n) is 4.81. The van der Waals surface area contributed by atoms with Gasteiger partial charge in [0.2, 0.25) is 0 Å². The third kappa shape index (κ3) is 3.28. The molecule has 0 atom stereocenters. The van der Waals surface area contributed by atoms with E-state index in [9.17, 15) is 5.11 Å². The molecule has 1 N–H and O–H groups in total. The first-order valence-corrected chi connectivity index (χ1v) is 5.43. The molecule has 0 unspecified atom stereocenters. The van der Waals surface area contributed by atoms with Crippen molar-refractivity contribution in [3.8, 4) is 0 Å². The van der Waals surface area contributed by atoms with Crippen molar-refractivity contribution >= 4 is 0 Å². The molecule has 0 aromatic carbocycles. The Balaban J connectivity index is 2.37. The summed E-state index contributed by atoms with van der Waals surface area (Å²) in [5, 5.41) is 10.2. The molecule has 13 heavy (non-hydrogen) atoms. The summed E-state index contributed by atoms with van der Waals surface area (Å²) >= 11 is 0. The van der Waals surface area contributed by atoms with Crippen LogP contribution in [0.15, 0.2) is 0 Å². The highest BCUT2D eigenvalue weighted by Gasteiger charge is 2.32. The van der Waals surface area contributed by atoms with Gasteiger partial charge in [-0.2, -0.15) is 0 Å². The molecular weight excluding hydrogens is 162 g/mol. The van der Waals surface area contributed by atoms with Gasteiger partial charge in [-0.25, -0.2) is 0 Å². The molecule has 0 aromatic heterocycles. The summed E-state index contributed by atoms with van der Waals surface area (Å²) in [6.45, 7) is 3.07. The molecule has 0 spiro atoms. The molecule has 0 aliphatic heterocycles. The van der Waals surface area contributed by atoms with Gasteiger partial charge < -0.3 is 10.0 Å². The Hall–Kier alpha value is -0.0800. The van der Waals surface area contributed by atoms with E-state index < -0.39 is 5.60 Å². The SMILES string of the molecule is CCC1CCC(O)(CN(C)C)CC1. The highest BCUT2D eigenvalue weighted by atomic mass is 16.3. The first-order valence-electron chi connectivity index (χ1n) is 5.43. The minimum Gasteiger partial charge on any atom is -0.389 e. The van der Waals surface area contributed by atoms with E-state index in [1.54, 1.807) is 0 Å². The summed E-state index contributed by atoms with van der Waals surface area (Å²) in [6, 6.07) is 0. The van der Waals surface area contributed by atoms with Gasteiger partial charge >= 0.3 is 0 Å². The molecule has 1 rings (SSSR count). The molecule has 0 bridgehead atoms. The van der Waals surface area contributed by atoms with Crippen LogP contribution in [0.25, 0.3) is 0 Å². The van der Waals surface area contributed by atoms with Crippen LogP contribution in [0.4, 0.5) is 0 Å². The third-order valence-electron chi connectivity index (χ3n) is 3.22. The number of aliphatic hydroxyl groups is 1. The Morgan fingerprint density at radius 3 is 2.23 bits per heavy atom. The first-order chi connectivity index (χ1) is 6.06. The Kier molecular flexibility index (Phi) is 3.74. The predicted octanol–water partition coefficient (Wildman–Crippen LogP) is 1.88. The molecule has 1 fully saturated rings. The van der Waals surface area contributed by atoms with Crippen LogP contribution in [-0.4, -0.2) is 36.2 Å². The van der Waals surface area contributed by atoms with Gasteiger partial charge in [0.1, 0.15) is 0 Å². The normalized spacial score (nSPS) is 35.3. The second-order valence-corrected chi connectivity index (χ2v) is 4.81. The fraction of sp³-hybridized carbons (Fsp3) is 1.00. The summed E-state index contributed by atoms with van der Waals surface area (Å²) < 4.78 is 0. The highest BCUT2D eigenvalue weighted by Crippen LogP contribution is 2.33. The monoisotopic (exact) mass is 185 g/mol. The van der Waals surface area contributed by atoms with Crippen molar-refractivity contribution in [2.45, 2.75) is 44.6 Å². The van der Waals surface area contributed by atoms with E-state index in [4.69, 9.17) is 0 Å².